The molecule has 0 saturated heterocycles. The molecule has 2 N–H and O–H groups in total. The minimum Gasteiger partial charge on any atom is -0.507 e. The average molecular weight is 412 g/mol. The van der Waals surface area contributed by atoms with Gasteiger partial charge < -0.3 is 19.9 Å². The fourth-order valence-corrected chi connectivity index (χ4v) is 3.62. The van der Waals surface area contributed by atoms with Crippen molar-refractivity contribution in [2.24, 2.45) is 0 Å². The van der Waals surface area contributed by atoms with E-state index in [1.807, 2.05) is 36.4 Å². The number of benzene rings is 2. The zero-order chi connectivity index (χ0) is 21.7. The van der Waals surface area contributed by atoms with E-state index in [1.54, 1.807) is 0 Å². The number of carbonyl (C=O) groups is 1. The molecular weight excluding hydrogens is 378 g/mol. The van der Waals surface area contributed by atoms with Crippen molar-refractivity contribution in [2.45, 2.75) is 71.4 Å². The third-order valence-electron chi connectivity index (χ3n) is 5.34. The van der Waals surface area contributed by atoms with Gasteiger partial charge in [-0.25, -0.2) is 0 Å². The van der Waals surface area contributed by atoms with Crippen LogP contribution in [0, 0.1) is 0 Å². The SMILES string of the molecule is CCCCCOC(=O)CCc1cc(C2Nc3ccccc3O2)c(O)c(C(C)(C)C)c1. The summed E-state index contributed by atoms with van der Waals surface area (Å²) in [4.78, 5) is 12.1. The Morgan fingerprint density at radius 2 is 1.97 bits per heavy atom. The Morgan fingerprint density at radius 1 is 1.20 bits per heavy atom. The van der Waals surface area contributed by atoms with E-state index in [9.17, 15) is 9.90 Å². The molecular formula is C25H33NO4. The van der Waals surface area contributed by atoms with Gasteiger partial charge in [0.05, 0.1) is 17.9 Å². The van der Waals surface area contributed by atoms with Gasteiger partial charge in [-0.2, -0.15) is 0 Å². The molecule has 0 saturated carbocycles. The van der Waals surface area contributed by atoms with E-state index in [0.717, 1.165) is 41.8 Å². The third kappa shape index (κ3) is 5.26. The van der Waals surface area contributed by atoms with Gasteiger partial charge in [-0.15, -0.1) is 0 Å². The smallest absolute Gasteiger partial charge is 0.306 e. The molecule has 0 aliphatic carbocycles. The molecule has 0 radical (unpaired) electrons. The van der Waals surface area contributed by atoms with Gasteiger partial charge >= 0.3 is 5.97 Å². The van der Waals surface area contributed by atoms with Crippen LogP contribution in [0.2, 0.25) is 0 Å². The number of hydrogen-bond acceptors (Lipinski definition) is 5. The minimum atomic E-state index is -0.468. The van der Waals surface area contributed by atoms with Crippen LogP contribution in [0.1, 0.15) is 76.3 Å². The highest BCUT2D eigenvalue weighted by Crippen LogP contribution is 2.43. The molecule has 30 heavy (non-hydrogen) atoms. The number of esters is 1. The van der Waals surface area contributed by atoms with Crippen LogP contribution in [0.15, 0.2) is 36.4 Å². The van der Waals surface area contributed by atoms with Crippen molar-refractivity contribution >= 4 is 11.7 Å². The van der Waals surface area contributed by atoms with Gasteiger partial charge in [0.25, 0.3) is 0 Å². The van der Waals surface area contributed by atoms with E-state index in [1.165, 1.54) is 0 Å². The van der Waals surface area contributed by atoms with Crippen molar-refractivity contribution in [3.8, 4) is 11.5 Å². The lowest BCUT2D eigenvalue weighted by Gasteiger charge is -2.25. The molecule has 1 unspecified atom stereocenters. The predicted molar refractivity (Wildman–Crippen MR) is 119 cm³/mol. The summed E-state index contributed by atoms with van der Waals surface area (Å²) < 4.78 is 11.4. The topological polar surface area (TPSA) is 67.8 Å². The highest BCUT2D eigenvalue weighted by Gasteiger charge is 2.29. The largest absolute Gasteiger partial charge is 0.507 e. The maximum Gasteiger partial charge on any atom is 0.306 e. The summed E-state index contributed by atoms with van der Waals surface area (Å²) in [5.74, 6) is 0.819. The molecule has 0 aromatic heterocycles. The number of fused-ring (bicyclic) bond motifs is 1. The van der Waals surface area contributed by atoms with Crippen LogP contribution in [0.25, 0.3) is 0 Å². The maximum atomic E-state index is 12.1. The van der Waals surface area contributed by atoms with Crippen molar-refractivity contribution in [3.63, 3.8) is 0 Å². The molecule has 0 fully saturated rings. The number of phenolic OH excluding ortho intramolecular Hbond substituents is 1. The molecule has 0 amide bonds. The lowest BCUT2D eigenvalue weighted by atomic mass is 9.83. The number of rotatable bonds is 8. The Hall–Kier alpha value is -2.69. The van der Waals surface area contributed by atoms with Gasteiger partial charge in [-0.3, -0.25) is 4.79 Å². The van der Waals surface area contributed by atoms with Crippen LogP contribution in [0.4, 0.5) is 5.69 Å². The zero-order valence-electron chi connectivity index (χ0n) is 18.5. The number of phenols is 1. The van der Waals surface area contributed by atoms with E-state index >= 15 is 0 Å². The normalized spacial score (nSPS) is 15.3. The average Bonchev–Trinajstić information content (AvgIpc) is 3.13. The standard InChI is InChI=1S/C25H33NO4/c1-5-6-9-14-29-22(27)13-12-17-15-18(23(28)19(16-17)25(2,3)4)24-26-20-10-7-8-11-21(20)30-24/h7-8,10-11,15-16,24,26,28H,5-6,9,12-14H2,1-4H3. The summed E-state index contributed by atoms with van der Waals surface area (Å²) in [6, 6.07) is 11.6. The Balaban J connectivity index is 1.78. The monoisotopic (exact) mass is 411 g/mol. The summed E-state index contributed by atoms with van der Waals surface area (Å²) in [5, 5.41) is 14.3. The van der Waals surface area contributed by atoms with Gasteiger partial charge in [-0.1, -0.05) is 58.7 Å². The van der Waals surface area contributed by atoms with E-state index in [2.05, 4.69) is 33.0 Å². The quantitative estimate of drug-likeness (QED) is 0.421. The minimum absolute atomic E-state index is 0.180. The Kier molecular flexibility index (Phi) is 6.91. The van der Waals surface area contributed by atoms with Crippen LogP contribution in [-0.2, 0) is 21.4 Å². The lowest BCUT2D eigenvalue weighted by Crippen LogP contribution is -2.17. The molecule has 162 valence electrons. The van der Waals surface area contributed by atoms with Crippen molar-refractivity contribution in [3.05, 3.63) is 53.1 Å². The summed E-state index contributed by atoms with van der Waals surface area (Å²) in [6.45, 7) is 8.80. The van der Waals surface area contributed by atoms with Gasteiger partial charge in [0, 0.05) is 6.42 Å². The number of para-hydroxylation sites is 2. The maximum absolute atomic E-state index is 12.1. The fourth-order valence-electron chi connectivity index (χ4n) is 3.62. The Labute approximate surface area is 179 Å². The molecule has 1 aliphatic rings. The molecule has 0 bridgehead atoms. The zero-order valence-corrected chi connectivity index (χ0v) is 18.5. The summed E-state index contributed by atoms with van der Waals surface area (Å²) >= 11 is 0. The second kappa shape index (κ2) is 9.41. The molecule has 2 aromatic carbocycles. The molecule has 2 aromatic rings. The molecule has 1 heterocycles. The highest BCUT2D eigenvalue weighted by molar-refractivity contribution is 5.70. The van der Waals surface area contributed by atoms with Crippen LogP contribution in [-0.4, -0.2) is 17.7 Å². The number of aromatic hydroxyl groups is 1. The first kappa shape index (κ1) is 22.0. The van der Waals surface area contributed by atoms with Gasteiger partial charge in [0.2, 0.25) is 0 Å². The van der Waals surface area contributed by atoms with Crippen LogP contribution in [0.3, 0.4) is 0 Å². The molecule has 3 rings (SSSR count). The van der Waals surface area contributed by atoms with Crippen LogP contribution < -0.4 is 10.1 Å². The van der Waals surface area contributed by atoms with Crippen LogP contribution >= 0.6 is 0 Å². The highest BCUT2D eigenvalue weighted by atomic mass is 16.5. The number of unbranched alkanes of at least 4 members (excludes halogenated alkanes) is 2. The van der Waals surface area contributed by atoms with E-state index < -0.39 is 6.23 Å². The van der Waals surface area contributed by atoms with Crippen molar-refractivity contribution < 1.29 is 19.4 Å². The number of carbonyl (C=O) groups excluding carboxylic acids is 1. The second-order valence-corrected chi connectivity index (χ2v) is 8.90. The molecule has 5 nitrogen and oxygen atoms in total. The molecule has 1 atom stereocenters. The first-order valence-electron chi connectivity index (χ1n) is 10.8. The Bertz CT molecular complexity index is 860. The first-order valence-corrected chi connectivity index (χ1v) is 10.8. The van der Waals surface area contributed by atoms with Crippen molar-refractivity contribution in [1.82, 2.24) is 0 Å². The van der Waals surface area contributed by atoms with Crippen molar-refractivity contribution in [2.75, 3.05) is 11.9 Å². The van der Waals surface area contributed by atoms with Gasteiger partial charge in [0.1, 0.15) is 11.5 Å². The Morgan fingerprint density at radius 3 is 2.67 bits per heavy atom. The predicted octanol–water partition coefficient (Wildman–Crippen LogP) is 5.86. The second-order valence-electron chi connectivity index (χ2n) is 8.90. The van der Waals surface area contributed by atoms with Crippen LogP contribution in [0.5, 0.6) is 11.5 Å². The van der Waals surface area contributed by atoms with E-state index in [-0.39, 0.29) is 17.1 Å². The van der Waals surface area contributed by atoms with Gasteiger partial charge in [-0.05, 0) is 47.6 Å². The lowest BCUT2D eigenvalue weighted by molar-refractivity contribution is -0.143. The summed E-state index contributed by atoms with van der Waals surface area (Å²) in [5.41, 5.74) is 3.17. The van der Waals surface area contributed by atoms with Crippen molar-refractivity contribution in [1.29, 1.82) is 0 Å². The number of anilines is 1. The fraction of sp³-hybridized carbons (Fsp3) is 0.480. The summed E-state index contributed by atoms with van der Waals surface area (Å²) in [6.07, 6.45) is 3.49. The van der Waals surface area contributed by atoms with E-state index in [4.69, 9.17) is 9.47 Å². The van der Waals surface area contributed by atoms with E-state index in [0.29, 0.717) is 25.0 Å². The number of nitrogens with one attached hydrogen (secondary N) is 1. The summed E-state index contributed by atoms with van der Waals surface area (Å²) in [7, 11) is 0. The first-order chi connectivity index (χ1) is 14.3. The molecule has 1 aliphatic heterocycles. The number of ether oxygens (including phenoxy) is 2. The number of aryl methyl sites for hydroxylation is 1. The molecule has 0 spiro atoms. The number of hydrogen-bond donors (Lipinski definition) is 2. The van der Waals surface area contributed by atoms with Gasteiger partial charge in [0.15, 0.2) is 6.23 Å². The molecule has 5 heteroatoms. The third-order valence-corrected chi connectivity index (χ3v) is 5.34.